The maximum Gasteiger partial charge on any atom is 0.0540 e. The summed E-state index contributed by atoms with van der Waals surface area (Å²) in [6.07, 6.45) is 7.66. The van der Waals surface area contributed by atoms with Gasteiger partial charge >= 0.3 is 0 Å². The number of hydrogen-bond donors (Lipinski definition) is 1. The second kappa shape index (κ2) is 6.76. The SMILES string of the molecule is OCCC#Cc1csc(CN2CCCC3CCCC32)c1. The Kier molecular flexibility index (Phi) is 4.77. The lowest BCUT2D eigenvalue weighted by atomic mass is 9.92. The first-order chi connectivity index (χ1) is 9.86. The van der Waals surface area contributed by atoms with Crippen molar-refractivity contribution in [2.24, 2.45) is 5.92 Å². The molecule has 0 amide bonds. The molecule has 1 aliphatic heterocycles. The number of aliphatic hydroxyl groups is 1. The van der Waals surface area contributed by atoms with E-state index in [0.29, 0.717) is 6.42 Å². The van der Waals surface area contributed by atoms with Gasteiger partial charge in [-0.25, -0.2) is 0 Å². The Morgan fingerprint density at radius 2 is 2.20 bits per heavy atom. The average Bonchev–Trinajstić information content (AvgIpc) is 3.09. The molecule has 1 aliphatic carbocycles. The van der Waals surface area contributed by atoms with Gasteiger partial charge in [-0.2, -0.15) is 0 Å². The third-order valence-corrected chi connectivity index (χ3v) is 5.51. The summed E-state index contributed by atoms with van der Waals surface area (Å²) in [4.78, 5) is 4.14. The smallest absolute Gasteiger partial charge is 0.0540 e. The van der Waals surface area contributed by atoms with Crippen LogP contribution in [0.1, 0.15) is 49.0 Å². The van der Waals surface area contributed by atoms with E-state index in [2.05, 4.69) is 28.2 Å². The van der Waals surface area contributed by atoms with Crippen LogP contribution in [0, 0.1) is 17.8 Å². The minimum atomic E-state index is 0.154. The zero-order valence-corrected chi connectivity index (χ0v) is 12.8. The van der Waals surface area contributed by atoms with Crippen molar-refractivity contribution in [3.63, 3.8) is 0 Å². The van der Waals surface area contributed by atoms with E-state index in [1.807, 2.05) is 11.3 Å². The van der Waals surface area contributed by atoms with Gasteiger partial charge in [0.2, 0.25) is 0 Å². The molecule has 20 heavy (non-hydrogen) atoms. The van der Waals surface area contributed by atoms with Crippen LogP contribution in [0.4, 0.5) is 0 Å². The van der Waals surface area contributed by atoms with Crippen molar-refractivity contribution in [2.75, 3.05) is 13.2 Å². The molecule has 0 aromatic carbocycles. The summed E-state index contributed by atoms with van der Waals surface area (Å²) < 4.78 is 0. The molecular weight excluding hydrogens is 266 g/mol. The van der Waals surface area contributed by atoms with Crippen LogP contribution < -0.4 is 0 Å². The Morgan fingerprint density at radius 3 is 3.10 bits per heavy atom. The second-order valence-corrected chi connectivity index (χ2v) is 6.94. The molecule has 2 nitrogen and oxygen atoms in total. The molecule has 3 rings (SSSR count). The fraction of sp³-hybridized carbons (Fsp3) is 0.647. The van der Waals surface area contributed by atoms with Crippen molar-refractivity contribution in [1.29, 1.82) is 0 Å². The van der Waals surface area contributed by atoms with Crippen LogP contribution in [0.5, 0.6) is 0 Å². The van der Waals surface area contributed by atoms with Crippen molar-refractivity contribution in [1.82, 2.24) is 4.90 Å². The lowest BCUT2D eigenvalue weighted by Gasteiger charge is -2.37. The Morgan fingerprint density at radius 1 is 1.30 bits per heavy atom. The van der Waals surface area contributed by atoms with Crippen molar-refractivity contribution < 1.29 is 5.11 Å². The third kappa shape index (κ3) is 3.25. The summed E-state index contributed by atoms with van der Waals surface area (Å²) in [6, 6.07) is 3.07. The molecule has 1 saturated carbocycles. The van der Waals surface area contributed by atoms with Gasteiger partial charge in [-0.15, -0.1) is 11.3 Å². The number of hydrogen-bond acceptors (Lipinski definition) is 3. The van der Waals surface area contributed by atoms with Crippen LogP contribution in [0.3, 0.4) is 0 Å². The zero-order valence-electron chi connectivity index (χ0n) is 12.0. The van der Waals surface area contributed by atoms with E-state index in [-0.39, 0.29) is 6.61 Å². The van der Waals surface area contributed by atoms with Gasteiger partial charge in [0.15, 0.2) is 0 Å². The van der Waals surface area contributed by atoms with E-state index in [0.717, 1.165) is 24.1 Å². The Balaban J connectivity index is 1.61. The summed E-state index contributed by atoms with van der Waals surface area (Å²) in [6.45, 7) is 2.53. The molecule has 1 aromatic heterocycles. The van der Waals surface area contributed by atoms with Gasteiger partial charge in [-0.3, -0.25) is 4.90 Å². The Labute approximate surface area is 125 Å². The Bertz CT molecular complexity index is 499. The molecule has 3 heteroatoms. The second-order valence-electron chi connectivity index (χ2n) is 5.95. The van der Waals surface area contributed by atoms with Crippen molar-refractivity contribution in [3.05, 3.63) is 21.9 Å². The first kappa shape index (κ1) is 14.1. The molecular formula is C17H23NOS. The number of rotatable bonds is 3. The largest absolute Gasteiger partial charge is 0.395 e. The summed E-state index contributed by atoms with van der Waals surface area (Å²) in [5, 5.41) is 10.9. The van der Waals surface area contributed by atoms with Gasteiger partial charge in [0.05, 0.1) is 6.61 Å². The molecule has 0 radical (unpaired) electrons. The predicted octanol–water partition coefficient (Wildman–Crippen LogP) is 3.25. The highest BCUT2D eigenvalue weighted by Crippen LogP contribution is 2.37. The highest BCUT2D eigenvalue weighted by Gasteiger charge is 2.34. The van der Waals surface area contributed by atoms with E-state index in [9.17, 15) is 0 Å². The number of piperidine rings is 1. The van der Waals surface area contributed by atoms with Gasteiger partial charge in [0.25, 0.3) is 0 Å². The van der Waals surface area contributed by atoms with E-state index < -0.39 is 0 Å². The van der Waals surface area contributed by atoms with Gasteiger partial charge < -0.3 is 5.11 Å². The van der Waals surface area contributed by atoms with Crippen LogP contribution >= 0.6 is 11.3 Å². The minimum Gasteiger partial charge on any atom is -0.395 e. The normalized spacial score (nSPS) is 26.1. The van der Waals surface area contributed by atoms with Gasteiger partial charge in [0, 0.05) is 34.8 Å². The minimum absolute atomic E-state index is 0.154. The van der Waals surface area contributed by atoms with Crippen LogP contribution in [-0.4, -0.2) is 29.2 Å². The number of fused-ring (bicyclic) bond motifs is 1. The van der Waals surface area contributed by atoms with Crippen molar-refractivity contribution in [2.45, 2.75) is 51.1 Å². The van der Waals surface area contributed by atoms with Crippen LogP contribution in [0.15, 0.2) is 11.4 Å². The molecule has 1 N–H and O–H groups in total. The quantitative estimate of drug-likeness (QED) is 0.864. The summed E-state index contributed by atoms with van der Waals surface area (Å²) in [7, 11) is 0. The first-order valence-corrected chi connectivity index (χ1v) is 8.66. The lowest BCUT2D eigenvalue weighted by molar-refractivity contribution is 0.107. The molecule has 1 aromatic rings. The molecule has 0 spiro atoms. The highest BCUT2D eigenvalue weighted by molar-refractivity contribution is 7.10. The number of thiophene rings is 1. The summed E-state index contributed by atoms with van der Waals surface area (Å²) in [5.41, 5.74) is 1.11. The standard InChI is InChI=1S/C17H23NOS/c19-10-2-1-5-14-11-16(20-13-14)12-18-9-4-7-15-6-3-8-17(15)18/h11,13,15,17,19H,2-4,6-10,12H2. The van der Waals surface area contributed by atoms with Crippen molar-refractivity contribution >= 4 is 11.3 Å². The molecule has 2 atom stereocenters. The van der Waals surface area contributed by atoms with E-state index in [4.69, 9.17) is 5.11 Å². The molecule has 0 bridgehead atoms. The molecule has 1 saturated heterocycles. The lowest BCUT2D eigenvalue weighted by Crippen LogP contribution is -2.41. The van der Waals surface area contributed by atoms with E-state index in [1.54, 1.807) is 0 Å². The molecule has 2 fully saturated rings. The van der Waals surface area contributed by atoms with E-state index >= 15 is 0 Å². The van der Waals surface area contributed by atoms with Crippen LogP contribution in [0.25, 0.3) is 0 Å². The van der Waals surface area contributed by atoms with Crippen LogP contribution in [0.2, 0.25) is 0 Å². The molecule has 2 aliphatic rings. The number of nitrogens with zero attached hydrogens (tertiary/aromatic N) is 1. The zero-order chi connectivity index (χ0) is 13.8. The maximum atomic E-state index is 8.75. The van der Waals surface area contributed by atoms with Gasteiger partial charge in [0.1, 0.15) is 0 Å². The van der Waals surface area contributed by atoms with Crippen molar-refractivity contribution in [3.8, 4) is 11.8 Å². The third-order valence-electron chi connectivity index (χ3n) is 4.59. The van der Waals surface area contributed by atoms with Gasteiger partial charge in [-0.1, -0.05) is 18.3 Å². The predicted molar refractivity (Wildman–Crippen MR) is 83.7 cm³/mol. The van der Waals surface area contributed by atoms with E-state index in [1.165, 1.54) is 43.5 Å². The summed E-state index contributed by atoms with van der Waals surface area (Å²) in [5.74, 6) is 7.10. The number of likely N-dealkylation sites (tertiary alicyclic amines) is 1. The van der Waals surface area contributed by atoms with Gasteiger partial charge in [-0.05, 0) is 44.2 Å². The average molecular weight is 289 g/mol. The highest BCUT2D eigenvalue weighted by atomic mass is 32.1. The number of aliphatic hydroxyl groups excluding tert-OH is 1. The monoisotopic (exact) mass is 289 g/mol. The fourth-order valence-electron chi connectivity index (χ4n) is 3.70. The summed E-state index contributed by atoms with van der Waals surface area (Å²) >= 11 is 1.83. The molecule has 108 valence electrons. The molecule has 2 heterocycles. The maximum absolute atomic E-state index is 8.75. The fourth-order valence-corrected chi connectivity index (χ4v) is 4.54. The molecule has 2 unspecified atom stereocenters. The topological polar surface area (TPSA) is 23.5 Å². The first-order valence-electron chi connectivity index (χ1n) is 7.78. The Hall–Kier alpha value is -0.820. The van der Waals surface area contributed by atoms with Crippen LogP contribution in [-0.2, 0) is 6.54 Å².